The maximum absolute atomic E-state index is 3.14. The van der Waals surface area contributed by atoms with E-state index in [1.807, 2.05) is 19.4 Å². The smallest absolute Gasteiger partial charge is 0.0340 e. The van der Waals surface area contributed by atoms with Gasteiger partial charge < -0.3 is 10.3 Å². The van der Waals surface area contributed by atoms with Crippen molar-refractivity contribution >= 4 is 5.69 Å². The zero-order valence-corrected chi connectivity index (χ0v) is 8.25. The molecule has 0 bridgehead atoms. The Kier molecular flexibility index (Phi) is 2.54. The molecular formula is C12H14N2. The van der Waals surface area contributed by atoms with Crippen LogP contribution in [0.1, 0.15) is 11.1 Å². The number of aromatic amines is 1. The molecule has 2 aromatic rings. The van der Waals surface area contributed by atoms with Crippen molar-refractivity contribution in [1.29, 1.82) is 0 Å². The average Bonchev–Trinajstić information content (AvgIpc) is 2.71. The molecule has 0 saturated heterocycles. The van der Waals surface area contributed by atoms with Crippen LogP contribution in [0.25, 0.3) is 0 Å². The standard InChI is InChI=1S/C12H14N2/c1-13-12-4-2-3-10(8-12)7-11-5-6-14-9-11/h2-6,8-9,13-14H,7H2,1H3. The highest BCUT2D eigenvalue weighted by Gasteiger charge is 1.97. The summed E-state index contributed by atoms with van der Waals surface area (Å²) in [6.45, 7) is 0. The summed E-state index contributed by atoms with van der Waals surface area (Å²) in [5.41, 5.74) is 3.81. The van der Waals surface area contributed by atoms with Crippen LogP contribution in [0.3, 0.4) is 0 Å². The van der Waals surface area contributed by atoms with Crippen LogP contribution in [-0.4, -0.2) is 12.0 Å². The lowest BCUT2D eigenvalue weighted by Gasteiger charge is -2.03. The van der Waals surface area contributed by atoms with Gasteiger partial charge in [-0.05, 0) is 35.7 Å². The zero-order chi connectivity index (χ0) is 9.80. The van der Waals surface area contributed by atoms with Gasteiger partial charge in [0.2, 0.25) is 0 Å². The first-order valence-electron chi connectivity index (χ1n) is 4.77. The van der Waals surface area contributed by atoms with Crippen molar-refractivity contribution in [3.05, 3.63) is 53.9 Å². The summed E-state index contributed by atoms with van der Waals surface area (Å²) in [4.78, 5) is 3.06. The normalized spacial score (nSPS) is 10.1. The molecule has 14 heavy (non-hydrogen) atoms. The summed E-state index contributed by atoms with van der Waals surface area (Å²) >= 11 is 0. The van der Waals surface area contributed by atoms with Gasteiger partial charge >= 0.3 is 0 Å². The van der Waals surface area contributed by atoms with E-state index in [4.69, 9.17) is 0 Å². The Bertz CT molecular complexity index is 390. The van der Waals surface area contributed by atoms with E-state index in [1.165, 1.54) is 11.1 Å². The minimum atomic E-state index is 0.985. The van der Waals surface area contributed by atoms with E-state index in [2.05, 4.69) is 40.6 Å². The Balaban J connectivity index is 2.17. The topological polar surface area (TPSA) is 27.8 Å². The highest BCUT2D eigenvalue weighted by Crippen LogP contribution is 2.13. The third-order valence-corrected chi connectivity index (χ3v) is 2.29. The molecule has 2 N–H and O–H groups in total. The summed E-state index contributed by atoms with van der Waals surface area (Å²) in [6.07, 6.45) is 4.97. The van der Waals surface area contributed by atoms with Gasteiger partial charge in [0.05, 0.1) is 0 Å². The molecule has 0 unspecified atom stereocenters. The van der Waals surface area contributed by atoms with Gasteiger partial charge in [0.15, 0.2) is 0 Å². The predicted molar refractivity (Wildman–Crippen MR) is 59.6 cm³/mol. The van der Waals surface area contributed by atoms with Gasteiger partial charge in [0.25, 0.3) is 0 Å². The Hall–Kier alpha value is -1.70. The first-order chi connectivity index (χ1) is 6.88. The third-order valence-electron chi connectivity index (χ3n) is 2.29. The molecule has 2 heteroatoms. The second-order valence-electron chi connectivity index (χ2n) is 3.35. The van der Waals surface area contributed by atoms with Gasteiger partial charge in [-0.25, -0.2) is 0 Å². The monoisotopic (exact) mass is 186 g/mol. The van der Waals surface area contributed by atoms with Crippen molar-refractivity contribution in [2.75, 3.05) is 12.4 Å². The SMILES string of the molecule is CNc1cccc(Cc2cc[nH]c2)c1. The fraction of sp³-hybridized carbons (Fsp3) is 0.167. The second-order valence-corrected chi connectivity index (χ2v) is 3.35. The van der Waals surface area contributed by atoms with Gasteiger partial charge in [0, 0.05) is 25.1 Å². The number of nitrogens with one attached hydrogen (secondary N) is 2. The molecule has 1 aromatic carbocycles. The number of H-pyrrole nitrogens is 1. The molecule has 0 radical (unpaired) electrons. The van der Waals surface area contributed by atoms with Gasteiger partial charge in [-0.2, -0.15) is 0 Å². The van der Waals surface area contributed by atoms with Crippen molar-refractivity contribution in [1.82, 2.24) is 4.98 Å². The molecule has 0 fully saturated rings. The molecule has 0 saturated carbocycles. The minimum absolute atomic E-state index is 0.985. The Morgan fingerprint density at radius 2 is 2.14 bits per heavy atom. The summed E-state index contributed by atoms with van der Waals surface area (Å²) < 4.78 is 0. The van der Waals surface area contributed by atoms with Crippen LogP contribution in [0.5, 0.6) is 0 Å². The van der Waals surface area contributed by atoms with Crippen LogP contribution in [0.15, 0.2) is 42.7 Å². The number of rotatable bonds is 3. The van der Waals surface area contributed by atoms with E-state index in [0.717, 1.165) is 12.1 Å². The number of aromatic nitrogens is 1. The first kappa shape index (κ1) is 8.88. The predicted octanol–water partition coefficient (Wildman–Crippen LogP) is 2.65. The highest BCUT2D eigenvalue weighted by molar-refractivity contribution is 5.45. The number of hydrogen-bond donors (Lipinski definition) is 2. The quantitative estimate of drug-likeness (QED) is 0.757. The number of hydrogen-bond acceptors (Lipinski definition) is 1. The third kappa shape index (κ3) is 1.96. The van der Waals surface area contributed by atoms with Crippen molar-refractivity contribution in [2.24, 2.45) is 0 Å². The van der Waals surface area contributed by atoms with Crippen LogP contribution in [0.2, 0.25) is 0 Å². The van der Waals surface area contributed by atoms with Gasteiger partial charge in [-0.15, -0.1) is 0 Å². The summed E-state index contributed by atoms with van der Waals surface area (Å²) in [5.74, 6) is 0. The minimum Gasteiger partial charge on any atom is -0.388 e. The molecular weight excluding hydrogens is 172 g/mol. The molecule has 0 spiro atoms. The molecule has 0 aliphatic carbocycles. The van der Waals surface area contributed by atoms with Crippen LogP contribution in [0, 0.1) is 0 Å². The Morgan fingerprint density at radius 3 is 2.86 bits per heavy atom. The van der Waals surface area contributed by atoms with Crippen molar-refractivity contribution in [3.8, 4) is 0 Å². The molecule has 2 rings (SSSR count). The van der Waals surface area contributed by atoms with Crippen molar-refractivity contribution in [2.45, 2.75) is 6.42 Å². The van der Waals surface area contributed by atoms with Crippen LogP contribution >= 0.6 is 0 Å². The molecule has 0 atom stereocenters. The van der Waals surface area contributed by atoms with Gasteiger partial charge in [0.1, 0.15) is 0 Å². The average molecular weight is 186 g/mol. The Morgan fingerprint density at radius 1 is 1.21 bits per heavy atom. The fourth-order valence-corrected chi connectivity index (χ4v) is 1.54. The summed E-state index contributed by atoms with van der Waals surface area (Å²) in [6, 6.07) is 10.6. The second kappa shape index (κ2) is 4.01. The number of anilines is 1. The van der Waals surface area contributed by atoms with E-state index >= 15 is 0 Å². The van der Waals surface area contributed by atoms with Crippen molar-refractivity contribution in [3.63, 3.8) is 0 Å². The van der Waals surface area contributed by atoms with E-state index in [0.29, 0.717) is 0 Å². The zero-order valence-electron chi connectivity index (χ0n) is 8.25. The molecule has 1 aromatic heterocycles. The molecule has 0 amide bonds. The highest BCUT2D eigenvalue weighted by atomic mass is 14.8. The van der Waals surface area contributed by atoms with Crippen molar-refractivity contribution < 1.29 is 0 Å². The lowest BCUT2D eigenvalue weighted by Crippen LogP contribution is -1.90. The maximum atomic E-state index is 3.14. The van der Waals surface area contributed by atoms with E-state index in [9.17, 15) is 0 Å². The van der Waals surface area contributed by atoms with Gasteiger partial charge in [-0.1, -0.05) is 12.1 Å². The lowest BCUT2D eigenvalue weighted by atomic mass is 10.1. The van der Waals surface area contributed by atoms with Crippen LogP contribution in [0.4, 0.5) is 5.69 Å². The van der Waals surface area contributed by atoms with E-state index in [1.54, 1.807) is 0 Å². The number of benzene rings is 1. The molecule has 0 aliphatic rings. The fourth-order valence-electron chi connectivity index (χ4n) is 1.54. The molecule has 2 nitrogen and oxygen atoms in total. The van der Waals surface area contributed by atoms with E-state index in [-0.39, 0.29) is 0 Å². The maximum Gasteiger partial charge on any atom is 0.0340 e. The van der Waals surface area contributed by atoms with E-state index < -0.39 is 0 Å². The molecule has 72 valence electrons. The molecule has 0 aliphatic heterocycles. The van der Waals surface area contributed by atoms with Crippen LogP contribution < -0.4 is 5.32 Å². The summed E-state index contributed by atoms with van der Waals surface area (Å²) in [5, 5.41) is 3.14. The first-order valence-corrected chi connectivity index (χ1v) is 4.77. The molecule has 1 heterocycles. The summed E-state index contributed by atoms with van der Waals surface area (Å²) in [7, 11) is 1.94. The largest absolute Gasteiger partial charge is 0.388 e. The van der Waals surface area contributed by atoms with Crippen LogP contribution in [-0.2, 0) is 6.42 Å². The lowest BCUT2D eigenvalue weighted by molar-refractivity contribution is 1.19. The Labute approximate surface area is 84.0 Å². The van der Waals surface area contributed by atoms with Gasteiger partial charge in [-0.3, -0.25) is 0 Å².